The number of ether oxygens (including phenoxy) is 1. The standard InChI is InChI=1S/C16H20ClN3O3/c1-10-13(11(2)23-19-10)8-20(3)9-16(21)18-14-7-12(17)5-6-15(14)22-4/h5-7H,8-9H2,1-4H3,(H,18,21). The number of nitrogens with zero attached hydrogens (tertiary/aromatic N) is 2. The van der Waals surface area contributed by atoms with Gasteiger partial charge in [0.05, 0.1) is 25.0 Å². The van der Waals surface area contributed by atoms with Crippen molar-refractivity contribution < 1.29 is 14.1 Å². The van der Waals surface area contributed by atoms with Gasteiger partial charge in [0.2, 0.25) is 5.91 Å². The fourth-order valence-electron chi connectivity index (χ4n) is 2.27. The molecular formula is C16H20ClN3O3. The topological polar surface area (TPSA) is 67.6 Å². The molecular weight excluding hydrogens is 318 g/mol. The minimum Gasteiger partial charge on any atom is -0.495 e. The van der Waals surface area contributed by atoms with Gasteiger partial charge in [0, 0.05) is 17.1 Å². The third-order valence-electron chi connectivity index (χ3n) is 3.46. The molecule has 2 rings (SSSR count). The average molecular weight is 338 g/mol. The molecule has 1 heterocycles. The number of aromatic nitrogens is 1. The zero-order valence-electron chi connectivity index (χ0n) is 13.6. The van der Waals surface area contributed by atoms with Gasteiger partial charge in [-0.3, -0.25) is 9.69 Å². The van der Waals surface area contributed by atoms with Crippen LogP contribution in [0.2, 0.25) is 5.02 Å². The number of hydrogen-bond donors (Lipinski definition) is 1. The van der Waals surface area contributed by atoms with Crippen LogP contribution in [-0.2, 0) is 11.3 Å². The molecule has 0 atom stereocenters. The van der Waals surface area contributed by atoms with E-state index in [4.69, 9.17) is 20.9 Å². The molecule has 0 unspecified atom stereocenters. The lowest BCUT2D eigenvalue weighted by Gasteiger charge is -2.17. The second kappa shape index (κ2) is 7.48. The molecule has 0 saturated carbocycles. The Morgan fingerprint density at radius 3 is 2.78 bits per heavy atom. The van der Waals surface area contributed by atoms with Gasteiger partial charge in [-0.2, -0.15) is 0 Å². The Morgan fingerprint density at radius 1 is 1.43 bits per heavy atom. The van der Waals surface area contributed by atoms with Crippen LogP contribution in [0, 0.1) is 13.8 Å². The largest absolute Gasteiger partial charge is 0.495 e. The van der Waals surface area contributed by atoms with Crippen molar-refractivity contribution in [3.05, 3.63) is 40.2 Å². The van der Waals surface area contributed by atoms with E-state index in [9.17, 15) is 4.79 Å². The number of carbonyl (C=O) groups is 1. The summed E-state index contributed by atoms with van der Waals surface area (Å²) in [6.07, 6.45) is 0. The van der Waals surface area contributed by atoms with E-state index in [-0.39, 0.29) is 12.5 Å². The van der Waals surface area contributed by atoms with E-state index in [2.05, 4.69) is 10.5 Å². The molecule has 1 N–H and O–H groups in total. The number of hydrogen-bond acceptors (Lipinski definition) is 5. The molecule has 7 heteroatoms. The molecule has 23 heavy (non-hydrogen) atoms. The van der Waals surface area contributed by atoms with Gasteiger partial charge in [-0.1, -0.05) is 16.8 Å². The summed E-state index contributed by atoms with van der Waals surface area (Å²) in [5.74, 6) is 1.18. The number of carbonyl (C=O) groups excluding carboxylic acids is 1. The van der Waals surface area contributed by atoms with Gasteiger partial charge in [-0.25, -0.2) is 0 Å². The van der Waals surface area contributed by atoms with Crippen molar-refractivity contribution in [3.8, 4) is 5.75 Å². The number of halogens is 1. The lowest BCUT2D eigenvalue weighted by molar-refractivity contribution is -0.117. The highest BCUT2D eigenvalue weighted by Crippen LogP contribution is 2.27. The molecule has 0 aliphatic heterocycles. The maximum Gasteiger partial charge on any atom is 0.238 e. The zero-order chi connectivity index (χ0) is 17.0. The van der Waals surface area contributed by atoms with Gasteiger partial charge in [0.1, 0.15) is 11.5 Å². The van der Waals surface area contributed by atoms with E-state index in [0.717, 1.165) is 17.0 Å². The van der Waals surface area contributed by atoms with E-state index in [1.54, 1.807) is 25.3 Å². The van der Waals surface area contributed by atoms with Crippen molar-refractivity contribution in [3.63, 3.8) is 0 Å². The van der Waals surface area contributed by atoms with Crippen LogP contribution in [0.1, 0.15) is 17.0 Å². The molecule has 1 aromatic heterocycles. The number of benzene rings is 1. The SMILES string of the molecule is COc1ccc(Cl)cc1NC(=O)CN(C)Cc1c(C)noc1C. The first-order valence-electron chi connectivity index (χ1n) is 7.14. The van der Waals surface area contributed by atoms with E-state index < -0.39 is 0 Å². The fraction of sp³-hybridized carbons (Fsp3) is 0.375. The van der Waals surface area contributed by atoms with Crippen LogP contribution in [0.25, 0.3) is 0 Å². The summed E-state index contributed by atoms with van der Waals surface area (Å²) >= 11 is 5.96. The first kappa shape index (κ1) is 17.3. The summed E-state index contributed by atoms with van der Waals surface area (Å²) in [5.41, 5.74) is 2.39. The second-order valence-corrected chi connectivity index (χ2v) is 5.80. The van der Waals surface area contributed by atoms with E-state index in [1.165, 1.54) is 0 Å². The van der Waals surface area contributed by atoms with Crippen molar-refractivity contribution in [2.45, 2.75) is 20.4 Å². The first-order chi connectivity index (χ1) is 10.9. The van der Waals surface area contributed by atoms with Crippen LogP contribution >= 0.6 is 11.6 Å². The Morgan fingerprint density at radius 2 is 2.17 bits per heavy atom. The number of anilines is 1. The van der Waals surface area contributed by atoms with Crippen molar-refractivity contribution in [1.29, 1.82) is 0 Å². The summed E-state index contributed by atoms with van der Waals surface area (Å²) in [5, 5.41) is 7.26. The Bertz CT molecular complexity index is 680. The quantitative estimate of drug-likeness (QED) is 0.877. The lowest BCUT2D eigenvalue weighted by Crippen LogP contribution is -2.30. The number of amides is 1. The molecule has 6 nitrogen and oxygen atoms in total. The van der Waals surface area contributed by atoms with Crippen LogP contribution in [0.3, 0.4) is 0 Å². The average Bonchev–Trinajstić information content (AvgIpc) is 2.79. The molecule has 2 aromatic rings. The Kier molecular flexibility index (Phi) is 5.63. The summed E-state index contributed by atoms with van der Waals surface area (Å²) in [7, 11) is 3.41. The molecule has 0 bridgehead atoms. The van der Waals surface area contributed by atoms with E-state index in [1.807, 2.05) is 25.8 Å². The molecule has 0 aliphatic carbocycles. The van der Waals surface area contributed by atoms with Crippen LogP contribution in [0.5, 0.6) is 5.75 Å². The van der Waals surface area contributed by atoms with Crippen LogP contribution in [0.15, 0.2) is 22.7 Å². The van der Waals surface area contributed by atoms with Gasteiger partial charge < -0.3 is 14.6 Å². The fourth-order valence-corrected chi connectivity index (χ4v) is 2.44. The Labute approximate surface area is 140 Å². The predicted molar refractivity (Wildman–Crippen MR) is 88.9 cm³/mol. The van der Waals surface area contributed by atoms with Gasteiger partial charge in [-0.05, 0) is 39.1 Å². The summed E-state index contributed by atoms with van der Waals surface area (Å²) < 4.78 is 10.3. The summed E-state index contributed by atoms with van der Waals surface area (Å²) in [6.45, 7) is 4.55. The highest BCUT2D eigenvalue weighted by Gasteiger charge is 2.15. The molecule has 1 amide bonds. The predicted octanol–water partition coefficient (Wildman–Crippen LogP) is 3.02. The van der Waals surface area contributed by atoms with Crippen molar-refractivity contribution in [1.82, 2.24) is 10.1 Å². The highest BCUT2D eigenvalue weighted by atomic mass is 35.5. The third kappa shape index (κ3) is 4.46. The number of nitrogens with one attached hydrogen (secondary N) is 1. The Balaban J connectivity index is 1.98. The van der Waals surface area contributed by atoms with Gasteiger partial charge >= 0.3 is 0 Å². The second-order valence-electron chi connectivity index (χ2n) is 5.37. The van der Waals surface area contributed by atoms with Gasteiger partial charge in [0.25, 0.3) is 0 Å². The normalized spacial score (nSPS) is 10.9. The molecule has 1 aromatic carbocycles. The molecule has 0 aliphatic rings. The zero-order valence-corrected chi connectivity index (χ0v) is 14.4. The number of rotatable bonds is 6. The van der Waals surface area contributed by atoms with Gasteiger partial charge in [0.15, 0.2) is 0 Å². The minimum absolute atomic E-state index is 0.153. The number of aryl methyl sites for hydroxylation is 2. The Hall–Kier alpha value is -2.05. The van der Waals surface area contributed by atoms with Crippen molar-refractivity contribution >= 4 is 23.2 Å². The highest BCUT2D eigenvalue weighted by molar-refractivity contribution is 6.31. The van der Waals surface area contributed by atoms with E-state index in [0.29, 0.717) is 23.0 Å². The van der Waals surface area contributed by atoms with Crippen LogP contribution in [-0.4, -0.2) is 36.7 Å². The van der Waals surface area contributed by atoms with E-state index >= 15 is 0 Å². The minimum atomic E-state index is -0.153. The van der Waals surface area contributed by atoms with Crippen molar-refractivity contribution in [2.75, 3.05) is 26.0 Å². The molecule has 0 spiro atoms. The third-order valence-corrected chi connectivity index (χ3v) is 3.69. The molecule has 0 radical (unpaired) electrons. The molecule has 124 valence electrons. The van der Waals surface area contributed by atoms with Crippen molar-refractivity contribution in [2.24, 2.45) is 0 Å². The summed E-state index contributed by atoms with van der Waals surface area (Å²) in [6, 6.07) is 5.08. The maximum absolute atomic E-state index is 12.2. The summed E-state index contributed by atoms with van der Waals surface area (Å²) in [4.78, 5) is 14.1. The lowest BCUT2D eigenvalue weighted by atomic mass is 10.2. The smallest absolute Gasteiger partial charge is 0.238 e. The number of methoxy groups -OCH3 is 1. The number of likely N-dealkylation sites (N-methyl/N-ethyl adjacent to an activating group) is 1. The van der Waals surface area contributed by atoms with Gasteiger partial charge in [-0.15, -0.1) is 0 Å². The van der Waals surface area contributed by atoms with Crippen LogP contribution in [0.4, 0.5) is 5.69 Å². The monoisotopic (exact) mass is 337 g/mol. The molecule has 0 fully saturated rings. The maximum atomic E-state index is 12.2. The first-order valence-corrected chi connectivity index (χ1v) is 7.52. The van der Waals surface area contributed by atoms with Crippen LogP contribution < -0.4 is 10.1 Å². The molecule has 0 saturated heterocycles.